The number of piperidine rings is 1. The Kier molecular flexibility index (Phi) is 5.44. The largest absolute Gasteiger partial charge is 0.369 e. The molecule has 0 radical (unpaired) electrons. The lowest BCUT2D eigenvalue weighted by Crippen LogP contribution is -2.34. The molecule has 2 N–H and O–H groups in total. The molecule has 1 aliphatic rings. The van der Waals surface area contributed by atoms with Crippen LogP contribution in [0.25, 0.3) is 0 Å². The summed E-state index contributed by atoms with van der Waals surface area (Å²) < 4.78 is 0. The van der Waals surface area contributed by atoms with E-state index in [1.165, 1.54) is 5.56 Å². The summed E-state index contributed by atoms with van der Waals surface area (Å²) in [5.41, 5.74) is 6.64. The van der Waals surface area contributed by atoms with E-state index in [1.807, 2.05) is 19.1 Å². The second-order valence-electron chi connectivity index (χ2n) is 5.89. The van der Waals surface area contributed by atoms with Crippen LogP contribution in [0.3, 0.4) is 0 Å². The van der Waals surface area contributed by atoms with Crippen LogP contribution in [0.4, 0.5) is 0 Å². The lowest BCUT2D eigenvalue weighted by atomic mass is 9.87. The second-order valence-corrected chi connectivity index (χ2v) is 6.32. The Hall–Kier alpha value is -1.06. The first-order chi connectivity index (χ1) is 9.54. The first-order valence-corrected chi connectivity index (χ1v) is 7.68. The second kappa shape index (κ2) is 7.09. The first kappa shape index (κ1) is 15.3. The fraction of sp³-hybridized carbons (Fsp3) is 0.562. The molecule has 3 nitrogen and oxygen atoms in total. The third-order valence-electron chi connectivity index (χ3n) is 4.20. The van der Waals surface area contributed by atoms with Crippen LogP contribution in [-0.2, 0) is 11.3 Å². The Morgan fingerprint density at radius 2 is 1.95 bits per heavy atom. The number of rotatable bonds is 5. The molecule has 0 saturated carbocycles. The number of carbonyl (C=O) groups excluding carboxylic acids is 1. The maximum Gasteiger partial charge on any atom is 0.220 e. The van der Waals surface area contributed by atoms with Gasteiger partial charge in [0, 0.05) is 17.5 Å². The fourth-order valence-electron chi connectivity index (χ4n) is 2.84. The zero-order valence-corrected chi connectivity index (χ0v) is 12.8. The van der Waals surface area contributed by atoms with Crippen molar-refractivity contribution in [1.82, 2.24) is 4.90 Å². The number of nitrogens with two attached hydrogens (primary N) is 1. The molecule has 110 valence electrons. The summed E-state index contributed by atoms with van der Waals surface area (Å²) in [4.78, 5) is 13.6. The maximum atomic E-state index is 11.1. The van der Waals surface area contributed by atoms with Crippen molar-refractivity contribution in [1.29, 1.82) is 0 Å². The highest BCUT2D eigenvalue weighted by Crippen LogP contribution is 2.25. The van der Waals surface area contributed by atoms with Gasteiger partial charge in [-0.25, -0.2) is 0 Å². The van der Waals surface area contributed by atoms with Crippen molar-refractivity contribution in [2.75, 3.05) is 13.1 Å². The summed E-state index contributed by atoms with van der Waals surface area (Å²) in [7, 11) is 0. The highest BCUT2D eigenvalue weighted by molar-refractivity contribution is 6.30. The van der Waals surface area contributed by atoms with E-state index in [0.29, 0.717) is 5.92 Å². The number of benzene rings is 1. The highest BCUT2D eigenvalue weighted by Gasteiger charge is 2.22. The lowest BCUT2D eigenvalue weighted by Gasteiger charge is -2.32. The van der Waals surface area contributed by atoms with Crippen LogP contribution in [-0.4, -0.2) is 23.9 Å². The van der Waals surface area contributed by atoms with Gasteiger partial charge in [-0.05, 0) is 56.0 Å². The minimum absolute atomic E-state index is 0.00261. The Morgan fingerprint density at radius 1 is 1.35 bits per heavy atom. The van der Waals surface area contributed by atoms with E-state index in [0.717, 1.165) is 43.9 Å². The molecule has 1 heterocycles. The summed E-state index contributed by atoms with van der Waals surface area (Å²) in [5, 5.41) is 0.785. The average Bonchev–Trinajstić information content (AvgIpc) is 2.43. The van der Waals surface area contributed by atoms with Crippen LogP contribution in [0.5, 0.6) is 0 Å². The molecule has 1 aromatic rings. The normalized spacial score (nSPS) is 18.9. The van der Waals surface area contributed by atoms with Crippen LogP contribution in [0.2, 0.25) is 5.02 Å². The summed E-state index contributed by atoms with van der Waals surface area (Å²) in [6, 6.07) is 8.06. The van der Waals surface area contributed by atoms with Crippen LogP contribution in [0.15, 0.2) is 24.3 Å². The fourth-order valence-corrected chi connectivity index (χ4v) is 2.97. The van der Waals surface area contributed by atoms with E-state index in [-0.39, 0.29) is 11.8 Å². The van der Waals surface area contributed by atoms with E-state index in [1.54, 1.807) is 0 Å². The number of hydrogen-bond acceptors (Lipinski definition) is 2. The molecule has 1 atom stereocenters. The molecule has 0 bridgehead atoms. The average molecular weight is 295 g/mol. The zero-order valence-electron chi connectivity index (χ0n) is 12.0. The molecule has 0 aliphatic carbocycles. The van der Waals surface area contributed by atoms with E-state index in [2.05, 4.69) is 17.0 Å². The summed E-state index contributed by atoms with van der Waals surface area (Å²) in [6.07, 6.45) is 3.25. The van der Waals surface area contributed by atoms with E-state index in [9.17, 15) is 4.79 Å². The van der Waals surface area contributed by atoms with Gasteiger partial charge >= 0.3 is 0 Å². The van der Waals surface area contributed by atoms with Gasteiger partial charge < -0.3 is 5.73 Å². The van der Waals surface area contributed by atoms with Crippen molar-refractivity contribution in [3.05, 3.63) is 34.9 Å². The minimum atomic E-state index is -0.173. The topological polar surface area (TPSA) is 46.3 Å². The van der Waals surface area contributed by atoms with E-state index in [4.69, 9.17) is 17.3 Å². The van der Waals surface area contributed by atoms with Gasteiger partial charge in [0.25, 0.3) is 0 Å². The maximum absolute atomic E-state index is 11.1. The number of carbonyl (C=O) groups is 1. The van der Waals surface area contributed by atoms with Crippen molar-refractivity contribution >= 4 is 17.5 Å². The van der Waals surface area contributed by atoms with Gasteiger partial charge in [-0.3, -0.25) is 9.69 Å². The number of likely N-dealkylation sites (tertiary alicyclic amines) is 1. The molecule has 0 spiro atoms. The summed E-state index contributed by atoms with van der Waals surface area (Å²) >= 11 is 5.90. The lowest BCUT2D eigenvalue weighted by molar-refractivity contribution is -0.121. The number of amides is 1. The van der Waals surface area contributed by atoms with Gasteiger partial charge in [0.2, 0.25) is 5.91 Å². The monoisotopic (exact) mass is 294 g/mol. The van der Waals surface area contributed by atoms with Crippen molar-refractivity contribution < 1.29 is 4.79 Å². The molecule has 1 aromatic carbocycles. The first-order valence-electron chi connectivity index (χ1n) is 7.30. The van der Waals surface area contributed by atoms with Crippen molar-refractivity contribution in [2.24, 2.45) is 17.6 Å². The number of hydrogen-bond donors (Lipinski definition) is 1. The van der Waals surface area contributed by atoms with Crippen LogP contribution >= 0.6 is 11.6 Å². The molecule has 1 aliphatic heterocycles. The van der Waals surface area contributed by atoms with Crippen molar-refractivity contribution in [3.63, 3.8) is 0 Å². The molecule has 1 amide bonds. The van der Waals surface area contributed by atoms with Gasteiger partial charge in [-0.1, -0.05) is 30.7 Å². The number of halogens is 1. The number of nitrogens with zero attached hydrogens (tertiary/aromatic N) is 1. The van der Waals surface area contributed by atoms with Gasteiger partial charge in [-0.2, -0.15) is 0 Å². The predicted octanol–water partition coefficient (Wildman–Crippen LogP) is 3.06. The van der Waals surface area contributed by atoms with Crippen LogP contribution < -0.4 is 5.73 Å². The SMILES string of the molecule is CC(CC1CCN(Cc2ccc(Cl)cc2)CC1)C(N)=O. The van der Waals surface area contributed by atoms with Gasteiger partial charge in [0.05, 0.1) is 0 Å². The van der Waals surface area contributed by atoms with Gasteiger partial charge in [0.15, 0.2) is 0 Å². The molecule has 4 heteroatoms. The quantitative estimate of drug-likeness (QED) is 0.907. The third kappa shape index (κ3) is 4.50. The molecule has 2 rings (SSSR count). The molecule has 0 aromatic heterocycles. The van der Waals surface area contributed by atoms with Crippen molar-refractivity contribution in [3.8, 4) is 0 Å². The Balaban J connectivity index is 1.76. The Bertz CT molecular complexity index is 438. The van der Waals surface area contributed by atoms with E-state index >= 15 is 0 Å². The number of primary amides is 1. The molecule has 20 heavy (non-hydrogen) atoms. The Morgan fingerprint density at radius 3 is 2.50 bits per heavy atom. The van der Waals surface area contributed by atoms with Crippen LogP contribution in [0, 0.1) is 11.8 Å². The molecule has 1 unspecified atom stereocenters. The molecular formula is C16H23ClN2O. The summed E-state index contributed by atoms with van der Waals surface area (Å²) in [6.45, 7) is 5.11. The smallest absolute Gasteiger partial charge is 0.220 e. The van der Waals surface area contributed by atoms with Gasteiger partial charge in [0.1, 0.15) is 0 Å². The van der Waals surface area contributed by atoms with Gasteiger partial charge in [-0.15, -0.1) is 0 Å². The molecular weight excluding hydrogens is 272 g/mol. The van der Waals surface area contributed by atoms with Crippen LogP contribution in [0.1, 0.15) is 31.7 Å². The summed E-state index contributed by atoms with van der Waals surface area (Å²) in [5.74, 6) is 0.468. The minimum Gasteiger partial charge on any atom is -0.369 e. The Labute approximate surface area is 126 Å². The van der Waals surface area contributed by atoms with E-state index < -0.39 is 0 Å². The molecule has 1 saturated heterocycles. The predicted molar refractivity (Wildman–Crippen MR) is 82.4 cm³/mol. The zero-order chi connectivity index (χ0) is 14.5. The molecule has 1 fully saturated rings. The standard InChI is InChI=1S/C16H23ClN2O/c1-12(16(18)20)10-13-6-8-19(9-7-13)11-14-2-4-15(17)5-3-14/h2-5,12-13H,6-11H2,1H3,(H2,18,20). The highest BCUT2D eigenvalue weighted by atomic mass is 35.5. The third-order valence-corrected chi connectivity index (χ3v) is 4.45. The van der Waals surface area contributed by atoms with Crippen molar-refractivity contribution in [2.45, 2.75) is 32.7 Å².